The van der Waals surface area contributed by atoms with Crippen molar-refractivity contribution in [3.05, 3.63) is 0 Å². The number of hydrogen-bond acceptors (Lipinski definition) is 5. The van der Waals surface area contributed by atoms with Crippen molar-refractivity contribution in [2.75, 3.05) is 14.2 Å². The molecule has 6 nitrogen and oxygen atoms in total. The fourth-order valence-electron chi connectivity index (χ4n) is 1.53. The first-order chi connectivity index (χ1) is 11.4. The van der Waals surface area contributed by atoms with Crippen LogP contribution in [0.3, 0.4) is 0 Å². The van der Waals surface area contributed by atoms with Crippen LogP contribution in [0.4, 0.5) is 39.5 Å². The molecule has 0 aromatic carbocycles. The zero-order valence-corrected chi connectivity index (χ0v) is 12.6. The summed E-state index contributed by atoms with van der Waals surface area (Å²) in [6, 6.07) is 0. The molecule has 0 saturated heterocycles. The van der Waals surface area contributed by atoms with Crippen LogP contribution >= 0.6 is 0 Å². The van der Waals surface area contributed by atoms with E-state index in [0.29, 0.717) is 14.2 Å². The maximum absolute atomic E-state index is 13.3. The number of ketones is 2. The van der Waals surface area contributed by atoms with Gasteiger partial charge in [-0.3, -0.25) is 9.59 Å². The minimum absolute atomic E-state index is 0.463. The maximum atomic E-state index is 13.3. The standard InChI is InChI=1S/C11H9F9O6/c1-25-7(26-2,6(23)24)4(21)3-5(22)8(12,13)9(14,15)10(16,17)11(18,19)20/h3H2,1-2H3,(H,23,24). The van der Waals surface area contributed by atoms with E-state index in [1.807, 2.05) is 0 Å². The Morgan fingerprint density at radius 3 is 1.42 bits per heavy atom. The van der Waals surface area contributed by atoms with Crippen LogP contribution in [0.15, 0.2) is 0 Å². The first-order valence-electron chi connectivity index (χ1n) is 5.97. The molecule has 0 spiro atoms. The molecule has 15 heteroatoms. The van der Waals surface area contributed by atoms with Crippen LogP contribution in [-0.2, 0) is 23.9 Å². The van der Waals surface area contributed by atoms with Gasteiger partial charge in [-0.2, -0.15) is 39.5 Å². The summed E-state index contributed by atoms with van der Waals surface area (Å²) < 4.78 is 122. The second-order valence-corrected chi connectivity index (χ2v) is 4.57. The number of Topliss-reactive ketones (excluding diaryl/α,β-unsaturated/α-hetero) is 2. The Hall–Kier alpha value is -1.90. The second-order valence-electron chi connectivity index (χ2n) is 4.57. The highest BCUT2D eigenvalue weighted by Crippen LogP contribution is 2.53. The van der Waals surface area contributed by atoms with Gasteiger partial charge in [-0.05, 0) is 0 Å². The van der Waals surface area contributed by atoms with Crippen molar-refractivity contribution in [1.29, 1.82) is 0 Å². The van der Waals surface area contributed by atoms with Crippen molar-refractivity contribution in [1.82, 2.24) is 0 Å². The lowest BCUT2D eigenvalue weighted by Gasteiger charge is -2.33. The van der Waals surface area contributed by atoms with Gasteiger partial charge < -0.3 is 14.6 Å². The number of alkyl halides is 9. The quantitative estimate of drug-likeness (QED) is 0.357. The number of carboxylic acids is 1. The summed E-state index contributed by atoms with van der Waals surface area (Å²) >= 11 is 0. The first kappa shape index (κ1) is 24.1. The first-order valence-corrected chi connectivity index (χ1v) is 5.97. The van der Waals surface area contributed by atoms with E-state index in [0.717, 1.165) is 0 Å². The molecule has 152 valence electrons. The highest BCUT2D eigenvalue weighted by Gasteiger charge is 2.83. The van der Waals surface area contributed by atoms with Crippen LogP contribution in [0.2, 0.25) is 0 Å². The summed E-state index contributed by atoms with van der Waals surface area (Å²) in [6.07, 6.45) is -9.67. The van der Waals surface area contributed by atoms with Crippen LogP contribution in [0.5, 0.6) is 0 Å². The van der Waals surface area contributed by atoms with Gasteiger partial charge in [0.1, 0.15) is 0 Å². The Labute approximate surface area is 137 Å². The average molecular weight is 408 g/mol. The van der Waals surface area contributed by atoms with E-state index in [9.17, 15) is 53.9 Å². The fraction of sp³-hybridized carbons (Fsp3) is 0.727. The smallest absolute Gasteiger partial charge is 0.460 e. The van der Waals surface area contributed by atoms with E-state index in [2.05, 4.69) is 9.47 Å². The van der Waals surface area contributed by atoms with Gasteiger partial charge in [0.25, 0.3) is 0 Å². The molecular weight excluding hydrogens is 399 g/mol. The summed E-state index contributed by atoms with van der Waals surface area (Å²) in [5.74, 6) is -32.8. The molecule has 0 saturated carbocycles. The molecule has 0 aromatic rings. The summed E-state index contributed by atoms with van der Waals surface area (Å²) in [5, 5.41) is 8.72. The van der Waals surface area contributed by atoms with Gasteiger partial charge in [-0.25, -0.2) is 4.79 Å². The SMILES string of the molecule is COC(OC)(C(=O)O)C(=O)CC(=O)C(F)(F)C(F)(F)C(F)(F)C(F)(F)F. The third kappa shape index (κ3) is 3.49. The van der Waals surface area contributed by atoms with Crippen molar-refractivity contribution in [2.45, 2.75) is 36.2 Å². The number of carboxylic acid groups (broad SMARTS) is 1. The summed E-state index contributed by atoms with van der Waals surface area (Å²) in [7, 11) is 0.926. The van der Waals surface area contributed by atoms with Crippen molar-refractivity contribution in [2.24, 2.45) is 0 Å². The zero-order valence-electron chi connectivity index (χ0n) is 12.6. The lowest BCUT2D eigenvalue weighted by molar-refractivity contribution is -0.388. The molecular formula is C11H9F9O6. The second kappa shape index (κ2) is 7.02. The molecule has 0 amide bonds. The van der Waals surface area contributed by atoms with Crippen molar-refractivity contribution in [3.8, 4) is 0 Å². The molecule has 0 rings (SSSR count). The molecule has 0 bridgehead atoms. The Morgan fingerprint density at radius 1 is 0.769 bits per heavy atom. The van der Waals surface area contributed by atoms with Crippen LogP contribution in [0.25, 0.3) is 0 Å². The van der Waals surface area contributed by atoms with E-state index in [1.54, 1.807) is 0 Å². The highest BCUT2D eigenvalue weighted by atomic mass is 19.4. The summed E-state index contributed by atoms with van der Waals surface area (Å²) in [5.41, 5.74) is 0. The third-order valence-electron chi connectivity index (χ3n) is 3.04. The zero-order chi connectivity index (χ0) is 21.4. The van der Waals surface area contributed by atoms with Gasteiger partial charge in [0, 0.05) is 14.2 Å². The van der Waals surface area contributed by atoms with Crippen LogP contribution < -0.4 is 0 Å². The largest absolute Gasteiger partial charge is 0.477 e. The normalized spacial score (nSPS) is 14.3. The molecule has 0 fully saturated rings. The van der Waals surface area contributed by atoms with Crippen LogP contribution in [0.1, 0.15) is 6.42 Å². The van der Waals surface area contributed by atoms with E-state index in [1.165, 1.54) is 0 Å². The predicted molar refractivity (Wildman–Crippen MR) is 59.9 cm³/mol. The van der Waals surface area contributed by atoms with Crippen LogP contribution in [0, 0.1) is 0 Å². The monoisotopic (exact) mass is 408 g/mol. The van der Waals surface area contributed by atoms with Gasteiger partial charge in [-0.15, -0.1) is 0 Å². The Bertz CT molecular complexity index is 579. The average Bonchev–Trinajstić information content (AvgIpc) is 2.46. The molecule has 0 radical (unpaired) electrons. The Morgan fingerprint density at radius 2 is 1.15 bits per heavy atom. The van der Waals surface area contributed by atoms with Crippen LogP contribution in [-0.4, -0.2) is 66.6 Å². The molecule has 0 unspecified atom stereocenters. The number of ether oxygens (including phenoxy) is 2. The van der Waals surface area contributed by atoms with Gasteiger partial charge >= 0.3 is 35.7 Å². The number of aliphatic carboxylic acids is 1. The number of methoxy groups -OCH3 is 2. The number of carbonyl (C=O) groups excluding carboxylic acids is 2. The molecule has 26 heavy (non-hydrogen) atoms. The van der Waals surface area contributed by atoms with Gasteiger partial charge in [0.15, 0.2) is 0 Å². The minimum atomic E-state index is -7.34. The number of hydrogen-bond donors (Lipinski definition) is 1. The topological polar surface area (TPSA) is 89.9 Å². The van der Waals surface area contributed by atoms with E-state index >= 15 is 0 Å². The molecule has 1 N–H and O–H groups in total. The molecule has 0 aliphatic carbocycles. The van der Waals surface area contributed by atoms with E-state index in [4.69, 9.17) is 5.11 Å². The number of halogens is 9. The molecule has 0 aliphatic heterocycles. The van der Waals surface area contributed by atoms with Gasteiger partial charge in [-0.1, -0.05) is 0 Å². The number of rotatable bonds is 9. The van der Waals surface area contributed by atoms with E-state index < -0.39 is 53.7 Å². The van der Waals surface area contributed by atoms with E-state index in [-0.39, 0.29) is 0 Å². The third-order valence-corrected chi connectivity index (χ3v) is 3.04. The fourth-order valence-corrected chi connectivity index (χ4v) is 1.53. The molecule has 0 heterocycles. The lowest BCUT2D eigenvalue weighted by Crippen LogP contribution is -2.64. The minimum Gasteiger partial charge on any atom is -0.477 e. The maximum Gasteiger partial charge on any atom is 0.460 e. The van der Waals surface area contributed by atoms with Crippen molar-refractivity contribution in [3.63, 3.8) is 0 Å². The Balaban J connectivity index is 5.88. The predicted octanol–water partition coefficient (Wildman–Crippen LogP) is 2.06. The highest BCUT2D eigenvalue weighted by molar-refractivity contribution is 6.13. The molecule has 0 aromatic heterocycles. The Kier molecular flexibility index (Phi) is 6.50. The van der Waals surface area contributed by atoms with Gasteiger partial charge in [0.05, 0.1) is 6.42 Å². The summed E-state index contributed by atoms with van der Waals surface area (Å²) in [4.78, 5) is 33.6. The van der Waals surface area contributed by atoms with Crippen molar-refractivity contribution < 1.29 is 68.5 Å². The van der Waals surface area contributed by atoms with Gasteiger partial charge in [0.2, 0.25) is 11.6 Å². The summed E-state index contributed by atoms with van der Waals surface area (Å²) in [6.45, 7) is 0. The molecule has 0 atom stereocenters. The molecule has 0 aliphatic rings. The lowest BCUT2D eigenvalue weighted by atomic mass is 9.95. The number of carbonyl (C=O) groups is 3. The van der Waals surface area contributed by atoms with Crippen molar-refractivity contribution >= 4 is 17.5 Å².